The van der Waals surface area contributed by atoms with Crippen LogP contribution in [0.25, 0.3) is 22.8 Å². The zero-order chi connectivity index (χ0) is 13.4. The van der Waals surface area contributed by atoms with Gasteiger partial charge < -0.3 is 5.11 Å². The van der Waals surface area contributed by atoms with Crippen LogP contribution in [0.1, 0.15) is 5.56 Å². The highest BCUT2D eigenvalue weighted by atomic mass is 35.5. The van der Waals surface area contributed by atoms with Crippen LogP contribution in [-0.2, 0) is 0 Å². The monoisotopic (exact) mass is 271 g/mol. The van der Waals surface area contributed by atoms with Crippen molar-refractivity contribution in [2.75, 3.05) is 0 Å². The van der Waals surface area contributed by atoms with Crippen LogP contribution in [0.3, 0.4) is 0 Å². The third-order valence-electron chi connectivity index (χ3n) is 2.79. The van der Waals surface area contributed by atoms with E-state index < -0.39 is 0 Å². The van der Waals surface area contributed by atoms with Gasteiger partial charge in [-0.05, 0) is 35.9 Å². The Balaban J connectivity index is 2.21. The first kappa shape index (κ1) is 11.7. The summed E-state index contributed by atoms with van der Waals surface area (Å²) in [4.78, 5) is 1.39. The molecule has 3 rings (SSSR count). The molecule has 0 aliphatic carbocycles. The van der Waals surface area contributed by atoms with Crippen molar-refractivity contribution in [1.82, 2.24) is 15.0 Å². The van der Waals surface area contributed by atoms with Gasteiger partial charge >= 0.3 is 0 Å². The highest BCUT2D eigenvalue weighted by Gasteiger charge is 2.09. The zero-order valence-electron chi connectivity index (χ0n) is 9.92. The SMILES string of the molecule is C=Cc1ccc(O)c(-n2nc3ccc(Cl)cc3n2)c1. The van der Waals surface area contributed by atoms with E-state index in [9.17, 15) is 5.11 Å². The van der Waals surface area contributed by atoms with Crippen molar-refractivity contribution in [3.8, 4) is 11.4 Å². The van der Waals surface area contributed by atoms with Crippen molar-refractivity contribution < 1.29 is 5.11 Å². The highest BCUT2D eigenvalue weighted by molar-refractivity contribution is 6.31. The quantitative estimate of drug-likeness (QED) is 0.777. The van der Waals surface area contributed by atoms with E-state index >= 15 is 0 Å². The minimum absolute atomic E-state index is 0.108. The molecule has 0 saturated heterocycles. The molecular weight excluding hydrogens is 262 g/mol. The first-order valence-electron chi connectivity index (χ1n) is 5.66. The van der Waals surface area contributed by atoms with E-state index in [4.69, 9.17) is 11.6 Å². The Kier molecular flexibility index (Phi) is 2.72. The van der Waals surface area contributed by atoms with Crippen molar-refractivity contribution in [3.05, 3.63) is 53.6 Å². The van der Waals surface area contributed by atoms with Gasteiger partial charge in [-0.2, -0.15) is 0 Å². The molecule has 1 aromatic heterocycles. The Morgan fingerprint density at radius 1 is 1.11 bits per heavy atom. The van der Waals surface area contributed by atoms with Gasteiger partial charge in [0.1, 0.15) is 22.5 Å². The van der Waals surface area contributed by atoms with Gasteiger partial charge in [0, 0.05) is 5.02 Å². The maximum absolute atomic E-state index is 9.90. The predicted molar refractivity (Wildman–Crippen MR) is 75.6 cm³/mol. The second-order valence-corrected chi connectivity index (χ2v) is 4.51. The first-order chi connectivity index (χ1) is 9.17. The van der Waals surface area contributed by atoms with Crippen LogP contribution in [0.15, 0.2) is 43.0 Å². The highest BCUT2D eigenvalue weighted by Crippen LogP contribution is 2.24. The van der Waals surface area contributed by atoms with E-state index in [0.29, 0.717) is 21.7 Å². The van der Waals surface area contributed by atoms with Crippen LogP contribution in [0.5, 0.6) is 5.75 Å². The van der Waals surface area contributed by atoms with Gasteiger partial charge in [0.15, 0.2) is 0 Å². The van der Waals surface area contributed by atoms with E-state index in [1.807, 2.05) is 0 Å². The van der Waals surface area contributed by atoms with Crippen LogP contribution in [0.2, 0.25) is 5.02 Å². The maximum Gasteiger partial charge on any atom is 0.143 e. The van der Waals surface area contributed by atoms with Gasteiger partial charge in [-0.1, -0.05) is 30.3 Å². The van der Waals surface area contributed by atoms with Gasteiger partial charge in [0.05, 0.1) is 0 Å². The van der Waals surface area contributed by atoms with E-state index in [1.165, 1.54) is 4.80 Å². The molecule has 19 heavy (non-hydrogen) atoms. The molecule has 4 nitrogen and oxygen atoms in total. The predicted octanol–water partition coefficient (Wildman–Crippen LogP) is 3.42. The zero-order valence-corrected chi connectivity index (χ0v) is 10.7. The topological polar surface area (TPSA) is 50.9 Å². The fourth-order valence-corrected chi connectivity index (χ4v) is 1.99. The smallest absolute Gasteiger partial charge is 0.143 e. The molecular formula is C14H10ClN3O. The normalized spacial score (nSPS) is 10.8. The number of rotatable bonds is 2. The average Bonchev–Trinajstić information content (AvgIpc) is 2.82. The fourth-order valence-electron chi connectivity index (χ4n) is 1.82. The summed E-state index contributed by atoms with van der Waals surface area (Å²) in [5, 5.41) is 19.1. The van der Waals surface area contributed by atoms with Gasteiger partial charge in [-0.25, -0.2) is 0 Å². The molecule has 94 valence electrons. The molecule has 0 saturated carbocycles. The summed E-state index contributed by atoms with van der Waals surface area (Å²) in [5.41, 5.74) is 2.78. The second kappa shape index (κ2) is 4.40. The summed E-state index contributed by atoms with van der Waals surface area (Å²) < 4.78 is 0. The molecule has 0 fully saturated rings. The van der Waals surface area contributed by atoms with Gasteiger partial charge in [0.2, 0.25) is 0 Å². The van der Waals surface area contributed by atoms with E-state index in [-0.39, 0.29) is 5.75 Å². The molecule has 0 unspecified atom stereocenters. The third-order valence-corrected chi connectivity index (χ3v) is 3.03. The number of hydrogen-bond acceptors (Lipinski definition) is 3. The molecule has 1 heterocycles. The van der Waals surface area contributed by atoms with Crippen LogP contribution in [-0.4, -0.2) is 20.1 Å². The second-order valence-electron chi connectivity index (χ2n) is 4.07. The summed E-state index contributed by atoms with van der Waals surface area (Å²) in [6.07, 6.45) is 1.70. The Hall–Kier alpha value is -2.33. The summed E-state index contributed by atoms with van der Waals surface area (Å²) in [6.45, 7) is 3.70. The van der Waals surface area contributed by atoms with E-state index in [1.54, 1.807) is 42.5 Å². The number of phenolic OH excluding ortho intramolecular Hbond substituents is 1. The van der Waals surface area contributed by atoms with Crippen LogP contribution in [0.4, 0.5) is 0 Å². The Morgan fingerprint density at radius 2 is 1.89 bits per heavy atom. The molecule has 0 aliphatic heterocycles. The first-order valence-corrected chi connectivity index (χ1v) is 6.03. The van der Waals surface area contributed by atoms with E-state index in [0.717, 1.165) is 5.56 Å². The van der Waals surface area contributed by atoms with Gasteiger partial charge in [-0.15, -0.1) is 15.0 Å². The van der Waals surface area contributed by atoms with Crippen molar-refractivity contribution in [1.29, 1.82) is 0 Å². The lowest BCUT2D eigenvalue weighted by atomic mass is 10.2. The largest absolute Gasteiger partial charge is 0.506 e. The lowest BCUT2D eigenvalue weighted by Gasteiger charge is -2.03. The number of hydrogen-bond donors (Lipinski definition) is 1. The number of aromatic hydroxyl groups is 1. The lowest BCUT2D eigenvalue weighted by molar-refractivity contribution is 0.467. The van der Waals surface area contributed by atoms with Crippen LogP contribution in [0, 0.1) is 0 Å². The molecule has 1 N–H and O–H groups in total. The Morgan fingerprint density at radius 3 is 2.68 bits per heavy atom. The molecule has 0 radical (unpaired) electrons. The van der Waals surface area contributed by atoms with Crippen LogP contribution >= 0.6 is 11.6 Å². The number of fused-ring (bicyclic) bond motifs is 1. The number of aromatic nitrogens is 3. The molecule has 0 aliphatic rings. The summed E-state index contributed by atoms with van der Waals surface area (Å²) in [7, 11) is 0. The maximum atomic E-state index is 9.90. The summed E-state index contributed by atoms with van der Waals surface area (Å²) >= 11 is 5.91. The number of benzene rings is 2. The molecule has 0 spiro atoms. The lowest BCUT2D eigenvalue weighted by Crippen LogP contribution is -1.99. The molecule has 3 aromatic rings. The van der Waals surface area contributed by atoms with Gasteiger partial charge in [0.25, 0.3) is 0 Å². The minimum Gasteiger partial charge on any atom is -0.506 e. The van der Waals surface area contributed by atoms with Crippen LogP contribution < -0.4 is 0 Å². The average molecular weight is 272 g/mol. The standard InChI is InChI=1S/C14H10ClN3O/c1-2-9-3-6-14(19)13(7-9)18-16-11-5-4-10(15)8-12(11)17-18/h2-8,19H,1H2. The fraction of sp³-hybridized carbons (Fsp3) is 0. The third kappa shape index (κ3) is 2.06. The number of nitrogens with zero attached hydrogens (tertiary/aromatic N) is 3. The van der Waals surface area contributed by atoms with Crippen molar-refractivity contribution in [2.24, 2.45) is 0 Å². The van der Waals surface area contributed by atoms with E-state index in [2.05, 4.69) is 16.8 Å². The Bertz CT molecular complexity index is 779. The molecule has 2 aromatic carbocycles. The summed E-state index contributed by atoms with van der Waals surface area (Å²) in [5.74, 6) is 0.108. The minimum atomic E-state index is 0.108. The molecule has 0 atom stereocenters. The van der Waals surface area contributed by atoms with Crippen molar-refractivity contribution in [2.45, 2.75) is 0 Å². The molecule has 0 bridgehead atoms. The number of halogens is 1. The number of phenols is 1. The van der Waals surface area contributed by atoms with Gasteiger partial charge in [-0.3, -0.25) is 0 Å². The molecule has 0 amide bonds. The van der Waals surface area contributed by atoms with Crippen molar-refractivity contribution >= 4 is 28.7 Å². The summed E-state index contributed by atoms with van der Waals surface area (Å²) in [6, 6.07) is 10.4. The Labute approximate surface area is 114 Å². The molecule has 5 heteroatoms. The van der Waals surface area contributed by atoms with Crippen molar-refractivity contribution in [3.63, 3.8) is 0 Å².